The Morgan fingerprint density at radius 3 is 2.96 bits per heavy atom. The maximum atomic E-state index is 10.0. The third kappa shape index (κ3) is 4.12. The van der Waals surface area contributed by atoms with E-state index in [9.17, 15) is 5.11 Å². The number of nitrogens with zero attached hydrogens (tertiary/aromatic N) is 1. The number of rotatable bonds is 7. The molecule has 1 aliphatic heterocycles. The SMILES string of the molecule is C[C@H](NC[C@H](O)COc1ccc2c(c1)OCO2)c1ccccn1. The zero-order valence-electron chi connectivity index (χ0n) is 12.9. The molecule has 6 heteroatoms. The zero-order chi connectivity index (χ0) is 16.1. The molecule has 2 heterocycles. The molecule has 122 valence electrons. The minimum absolute atomic E-state index is 0.0661. The van der Waals surface area contributed by atoms with Crippen LogP contribution in [0.3, 0.4) is 0 Å². The fourth-order valence-electron chi connectivity index (χ4n) is 2.27. The first-order valence-electron chi connectivity index (χ1n) is 7.57. The van der Waals surface area contributed by atoms with Gasteiger partial charge in [-0.05, 0) is 31.2 Å². The largest absolute Gasteiger partial charge is 0.491 e. The van der Waals surface area contributed by atoms with Crippen molar-refractivity contribution in [1.82, 2.24) is 10.3 Å². The Kier molecular flexibility index (Phi) is 4.95. The predicted molar refractivity (Wildman–Crippen MR) is 84.7 cm³/mol. The smallest absolute Gasteiger partial charge is 0.231 e. The molecule has 1 aromatic carbocycles. The van der Waals surface area contributed by atoms with Crippen molar-refractivity contribution in [3.8, 4) is 17.2 Å². The summed E-state index contributed by atoms with van der Waals surface area (Å²) in [5, 5.41) is 13.3. The molecule has 23 heavy (non-hydrogen) atoms. The van der Waals surface area contributed by atoms with Crippen molar-refractivity contribution in [3.63, 3.8) is 0 Å². The molecule has 2 aromatic rings. The number of hydrogen-bond acceptors (Lipinski definition) is 6. The van der Waals surface area contributed by atoms with E-state index in [4.69, 9.17) is 14.2 Å². The molecule has 0 amide bonds. The Balaban J connectivity index is 1.44. The first kappa shape index (κ1) is 15.6. The van der Waals surface area contributed by atoms with Crippen molar-refractivity contribution in [1.29, 1.82) is 0 Å². The van der Waals surface area contributed by atoms with Gasteiger partial charge in [-0.2, -0.15) is 0 Å². The number of hydrogen-bond donors (Lipinski definition) is 2. The van der Waals surface area contributed by atoms with E-state index in [0.717, 1.165) is 5.69 Å². The highest BCUT2D eigenvalue weighted by Crippen LogP contribution is 2.35. The minimum Gasteiger partial charge on any atom is -0.491 e. The second kappa shape index (κ2) is 7.30. The average Bonchev–Trinajstić information content (AvgIpc) is 3.06. The third-order valence-electron chi connectivity index (χ3n) is 3.58. The van der Waals surface area contributed by atoms with Crippen molar-refractivity contribution < 1.29 is 19.3 Å². The van der Waals surface area contributed by atoms with Crippen molar-refractivity contribution in [2.45, 2.75) is 19.1 Å². The summed E-state index contributed by atoms with van der Waals surface area (Å²) in [5.41, 5.74) is 0.941. The Morgan fingerprint density at radius 1 is 1.26 bits per heavy atom. The molecule has 2 N–H and O–H groups in total. The molecule has 1 aliphatic rings. The lowest BCUT2D eigenvalue weighted by Gasteiger charge is -2.17. The van der Waals surface area contributed by atoms with Crippen LogP contribution in [0.4, 0.5) is 0 Å². The summed E-state index contributed by atoms with van der Waals surface area (Å²) >= 11 is 0. The number of ether oxygens (including phenoxy) is 3. The number of benzene rings is 1. The quantitative estimate of drug-likeness (QED) is 0.813. The normalized spacial score (nSPS) is 15.2. The van der Waals surface area contributed by atoms with Gasteiger partial charge < -0.3 is 24.6 Å². The summed E-state index contributed by atoms with van der Waals surface area (Å²) in [6.07, 6.45) is 1.14. The van der Waals surface area contributed by atoms with Crippen LogP contribution in [0.5, 0.6) is 17.2 Å². The molecule has 0 radical (unpaired) electrons. The molecule has 6 nitrogen and oxygen atoms in total. The van der Waals surface area contributed by atoms with E-state index in [2.05, 4.69) is 10.3 Å². The molecule has 0 saturated carbocycles. The highest BCUT2D eigenvalue weighted by Gasteiger charge is 2.15. The predicted octanol–water partition coefficient (Wildman–Crippen LogP) is 1.90. The molecule has 2 atom stereocenters. The molecular weight excluding hydrogens is 296 g/mol. The van der Waals surface area contributed by atoms with Gasteiger partial charge in [0.2, 0.25) is 6.79 Å². The van der Waals surface area contributed by atoms with Crippen LogP contribution in [0.1, 0.15) is 18.7 Å². The van der Waals surface area contributed by atoms with Crippen LogP contribution in [-0.2, 0) is 0 Å². The van der Waals surface area contributed by atoms with Gasteiger partial charge in [-0.15, -0.1) is 0 Å². The van der Waals surface area contributed by atoms with Crippen LogP contribution in [-0.4, -0.2) is 36.1 Å². The molecule has 1 aromatic heterocycles. The number of pyridine rings is 1. The summed E-state index contributed by atoms with van der Waals surface area (Å²) < 4.78 is 16.1. The molecule has 0 aliphatic carbocycles. The number of aromatic nitrogens is 1. The lowest BCUT2D eigenvalue weighted by Crippen LogP contribution is -2.33. The average molecular weight is 316 g/mol. The monoisotopic (exact) mass is 316 g/mol. The highest BCUT2D eigenvalue weighted by atomic mass is 16.7. The van der Waals surface area contributed by atoms with Gasteiger partial charge in [0.15, 0.2) is 11.5 Å². The molecular formula is C17H20N2O4. The minimum atomic E-state index is -0.619. The second-order valence-corrected chi connectivity index (χ2v) is 5.36. The zero-order valence-corrected chi connectivity index (χ0v) is 12.9. The van der Waals surface area contributed by atoms with Crippen molar-refractivity contribution in [3.05, 3.63) is 48.3 Å². The van der Waals surface area contributed by atoms with Crippen LogP contribution in [0, 0.1) is 0 Å². The van der Waals surface area contributed by atoms with Crippen LogP contribution < -0.4 is 19.5 Å². The van der Waals surface area contributed by atoms with E-state index in [0.29, 0.717) is 23.8 Å². The van der Waals surface area contributed by atoms with Gasteiger partial charge in [0.1, 0.15) is 18.5 Å². The fraction of sp³-hybridized carbons (Fsp3) is 0.353. The summed E-state index contributed by atoms with van der Waals surface area (Å²) in [6, 6.07) is 11.2. The molecule has 0 saturated heterocycles. The van der Waals surface area contributed by atoms with Gasteiger partial charge in [0.05, 0.1) is 5.69 Å². The maximum Gasteiger partial charge on any atom is 0.231 e. The van der Waals surface area contributed by atoms with E-state index in [1.165, 1.54) is 0 Å². The molecule has 3 rings (SSSR count). The third-order valence-corrected chi connectivity index (χ3v) is 3.58. The molecule has 0 fully saturated rings. The lowest BCUT2D eigenvalue weighted by atomic mass is 10.2. The van der Waals surface area contributed by atoms with Gasteiger partial charge in [-0.25, -0.2) is 0 Å². The summed E-state index contributed by atoms with van der Waals surface area (Å²) in [4.78, 5) is 4.28. The maximum absolute atomic E-state index is 10.0. The van der Waals surface area contributed by atoms with Crippen LogP contribution in [0.25, 0.3) is 0 Å². The Morgan fingerprint density at radius 2 is 2.13 bits per heavy atom. The van der Waals surface area contributed by atoms with Crippen LogP contribution in [0.2, 0.25) is 0 Å². The Hall–Kier alpha value is -2.31. The van der Waals surface area contributed by atoms with Gasteiger partial charge in [0, 0.05) is 24.8 Å². The van der Waals surface area contributed by atoms with Crippen molar-refractivity contribution in [2.75, 3.05) is 19.9 Å². The van der Waals surface area contributed by atoms with E-state index in [-0.39, 0.29) is 19.4 Å². The van der Waals surface area contributed by atoms with E-state index in [1.54, 1.807) is 24.4 Å². The number of aliphatic hydroxyl groups excluding tert-OH is 1. The summed E-state index contributed by atoms with van der Waals surface area (Å²) in [5.74, 6) is 2.02. The first-order valence-corrected chi connectivity index (χ1v) is 7.57. The topological polar surface area (TPSA) is 72.8 Å². The van der Waals surface area contributed by atoms with E-state index < -0.39 is 6.10 Å². The van der Waals surface area contributed by atoms with Crippen molar-refractivity contribution >= 4 is 0 Å². The first-order chi connectivity index (χ1) is 11.2. The summed E-state index contributed by atoms with van der Waals surface area (Å²) in [7, 11) is 0. The molecule has 0 spiro atoms. The lowest BCUT2D eigenvalue weighted by molar-refractivity contribution is 0.104. The number of fused-ring (bicyclic) bond motifs is 1. The Bertz CT molecular complexity index is 636. The van der Waals surface area contributed by atoms with Crippen molar-refractivity contribution in [2.24, 2.45) is 0 Å². The Labute approximate surface area is 135 Å². The summed E-state index contributed by atoms with van der Waals surface area (Å²) in [6.45, 7) is 2.86. The standard InChI is InChI=1S/C17H20N2O4/c1-12(15-4-2-3-7-18-15)19-9-13(20)10-21-14-5-6-16-17(8-14)23-11-22-16/h2-8,12-13,19-20H,9-11H2,1H3/t12-,13-/m0/s1. The number of nitrogens with one attached hydrogen (secondary N) is 1. The number of aliphatic hydroxyl groups is 1. The van der Waals surface area contributed by atoms with Crippen LogP contribution >= 0.6 is 0 Å². The van der Waals surface area contributed by atoms with Crippen LogP contribution in [0.15, 0.2) is 42.6 Å². The van der Waals surface area contributed by atoms with E-state index >= 15 is 0 Å². The van der Waals surface area contributed by atoms with E-state index in [1.807, 2.05) is 25.1 Å². The molecule has 0 unspecified atom stereocenters. The van der Waals surface area contributed by atoms with Gasteiger partial charge in [-0.1, -0.05) is 6.07 Å². The van der Waals surface area contributed by atoms with Gasteiger partial charge in [-0.3, -0.25) is 4.98 Å². The highest BCUT2D eigenvalue weighted by molar-refractivity contribution is 5.46. The van der Waals surface area contributed by atoms with Gasteiger partial charge in [0.25, 0.3) is 0 Å². The molecule has 0 bridgehead atoms. The second-order valence-electron chi connectivity index (χ2n) is 5.36. The fourth-order valence-corrected chi connectivity index (χ4v) is 2.27. The van der Waals surface area contributed by atoms with Gasteiger partial charge >= 0.3 is 0 Å².